The fourth-order valence-corrected chi connectivity index (χ4v) is 2.93. The molecule has 0 atom stereocenters. The van der Waals surface area contributed by atoms with E-state index in [1.807, 2.05) is 39.0 Å². The third-order valence-corrected chi connectivity index (χ3v) is 4.11. The molecule has 0 radical (unpaired) electrons. The van der Waals surface area contributed by atoms with Gasteiger partial charge < -0.3 is 0 Å². The Morgan fingerprint density at radius 1 is 1.29 bits per heavy atom. The van der Waals surface area contributed by atoms with Crippen LogP contribution in [-0.4, -0.2) is 15.9 Å². The van der Waals surface area contributed by atoms with E-state index in [0.29, 0.717) is 11.4 Å². The van der Waals surface area contributed by atoms with E-state index < -0.39 is 5.54 Å². The zero-order chi connectivity index (χ0) is 15.2. The minimum absolute atomic E-state index is 0.0453. The molecule has 0 saturated heterocycles. The Bertz CT molecular complexity index is 727. The lowest BCUT2D eigenvalue weighted by molar-refractivity contribution is 0.0982. The molecule has 4 nitrogen and oxygen atoms in total. The van der Waals surface area contributed by atoms with E-state index in [2.05, 4.69) is 9.97 Å². The molecule has 0 aliphatic carbocycles. The van der Waals surface area contributed by atoms with E-state index in [0.717, 1.165) is 22.6 Å². The number of rotatable bonds is 2. The number of halogens is 1. The number of nitrogens with zero attached hydrogens (tertiary/aromatic N) is 3. The molecule has 3 rings (SSSR count). The van der Waals surface area contributed by atoms with Crippen LogP contribution in [0.3, 0.4) is 0 Å². The van der Waals surface area contributed by atoms with Gasteiger partial charge in [0.05, 0.1) is 28.7 Å². The maximum absolute atomic E-state index is 12.7. The standard InChI is InChI=1S/C16H16ClN3O/c1-10-4-5-13-14(19-10)16(2,3)20(15(13)21)12-6-11(7-17)8-18-9-12/h4-6,8-9H,7H2,1-3H3. The Morgan fingerprint density at radius 2 is 2.05 bits per heavy atom. The molecular formula is C16H16ClN3O. The summed E-state index contributed by atoms with van der Waals surface area (Å²) < 4.78 is 0. The van der Waals surface area contributed by atoms with Crippen molar-refractivity contribution < 1.29 is 4.79 Å². The number of hydrogen-bond donors (Lipinski definition) is 0. The molecule has 0 saturated carbocycles. The Labute approximate surface area is 128 Å². The van der Waals surface area contributed by atoms with Crippen LogP contribution in [0, 0.1) is 6.92 Å². The highest BCUT2D eigenvalue weighted by Gasteiger charge is 2.45. The smallest absolute Gasteiger partial charge is 0.261 e. The van der Waals surface area contributed by atoms with Crippen molar-refractivity contribution in [2.45, 2.75) is 32.2 Å². The zero-order valence-corrected chi connectivity index (χ0v) is 13.0. The topological polar surface area (TPSA) is 46.1 Å². The van der Waals surface area contributed by atoms with Crippen LogP contribution in [0.5, 0.6) is 0 Å². The van der Waals surface area contributed by atoms with Gasteiger partial charge in [0.25, 0.3) is 5.91 Å². The van der Waals surface area contributed by atoms with Gasteiger partial charge in [-0.05, 0) is 44.5 Å². The molecule has 0 N–H and O–H groups in total. The molecule has 1 aliphatic heterocycles. The SMILES string of the molecule is Cc1ccc2c(n1)C(C)(C)N(c1cncc(CCl)c1)C2=O. The zero-order valence-electron chi connectivity index (χ0n) is 12.2. The van der Waals surface area contributed by atoms with Crippen molar-refractivity contribution in [1.82, 2.24) is 9.97 Å². The number of anilines is 1. The van der Waals surface area contributed by atoms with Gasteiger partial charge in [0, 0.05) is 17.8 Å². The monoisotopic (exact) mass is 301 g/mol. The molecule has 2 aromatic rings. The Hall–Kier alpha value is -1.94. The van der Waals surface area contributed by atoms with E-state index in [4.69, 9.17) is 11.6 Å². The molecule has 0 fully saturated rings. The molecule has 108 valence electrons. The molecule has 1 aliphatic rings. The first-order valence-corrected chi connectivity index (χ1v) is 7.31. The molecule has 0 aromatic carbocycles. The molecule has 2 aromatic heterocycles. The van der Waals surface area contributed by atoms with Gasteiger partial charge in [-0.15, -0.1) is 11.6 Å². The number of aryl methyl sites for hydroxylation is 1. The first kappa shape index (κ1) is 14.0. The van der Waals surface area contributed by atoms with E-state index in [1.165, 1.54) is 0 Å². The van der Waals surface area contributed by atoms with E-state index in [-0.39, 0.29) is 5.91 Å². The number of amides is 1. The summed E-state index contributed by atoms with van der Waals surface area (Å²) in [6.45, 7) is 5.92. The molecule has 3 heterocycles. The first-order valence-electron chi connectivity index (χ1n) is 6.77. The summed E-state index contributed by atoms with van der Waals surface area (Å²) in [4.78, 5) is 23.2. The van der Waals surface area contributed by atoms with Crippen molar-refractivity contribution in [3.05, 3.63) is 53.1 Å². The highest BCUT2D eigenvalue weighted by atomic mass is 35.5. The second kappa shape index (κ2) is 4.81. The van der Waals surface area contributed by atoms with Crippen molar-refractivity contribution in [3.63, 3.8) is 0 Å². The molecular weight excluding hydrogens is 286 g/mol. The Morgan fingerprint density at radius 3 is 2.76 bits per heavy atom. The molecule has 0 unspecified atom stereocenters. The highest BCUT2D eigenvalue weighted by Crippen LogP contribution is 2.40. The lowest BCUT2D eigenvalue weighted by Crippen LogP contribution is -2.39. The highest BCUT2D eigenvalue weighted by molar-refractivity contribution is 6.17. The summed E-state index contributed by atoms with van der Waals surface area (Å²) >= 11 is 5.87. The molecule has 1 amide bonds. The van der Waals surface area contributed by atoms with Crippen LogP contribution in [0.25, 0.3) is 0 Å². The maximum Gasteiger partial charge on any atom is 0.261 e. The van der Waals surface area contributed by atoms with Crippen LogP contribution < -0.4 is 4.90 Å². The summed E-state index contributed by atoms with van der Waals surface area (Å²) in [7, 11) is 0. The fourth-order valence-electron chi connectivity index (χ4n) is 2.79. The minimum atomic E-state index is -0.509. The van der Waals surface area contributed by atoms with Crippen LogP contribution in [-0.2, 0) is 11.4 Å². The third-order valence-electron chi connectivity index (χ3n) is 3.80. The van der Waals surface area contributed by atoms with E-state index >= 15 is 0 Å². The summed E-state index contributed by atoms with van der Waals surface area (Å²) in [5.74, 6) is 0.323. The van der Waals surface area contributed by atoms with Crippen molar-refractivity contribution in [1.29, 1.82) is 0 Å². The van der Waals surface area contributed by atoms with Gasteiger partial charge in [0.1, 0.15) is 0 Å². The Kier molecular flexibility index (Phi) is 3.21. The van der Waals surface area contributed by atoms with Gasteiger partial charge >= 0.3 is 0 Å². The quantitative estimate of drug-likeness (QED) is 0.799. The third kappa shape index (κ3) is 2.10. The average Bonchev–Trinajstić information content (AvgIpc) is 2.66. The second-order valence-corrected chi connectivity index (χ2v) is 6.00. The number of carbonyl (C=O) groups excluding carboxylic acids is 1. The average molecular weight is 302 g/mol. The van der Waals surface area contributed by atoms with Gasteiger partial charge in [-0.2, -0.15) is 0 Å². The van der Waals surface area contributed by atoms with E-state index in [1.54, 1.807) is 17.3 Å². The van der Waals surface area contributed by atoms with E-state index in [9.17, 15) is 4.79 Å². The summed E-state index contributed by atoms with van der Waals surface area (Å²) in [6, 6.07) is 5.61. The van der Waals surface area contributed by atoms with Crippen LogP contribution >= 0.6 is 11.6 Å². The van der Waals surface area contributed by atoms with Gasteiger partial charge in [0.15, 0.2) is 0 Å². The predicted octanol–water partition coefficient (Wildman–Crippen LogP) is 3.42. The summed E-state index contributed by atoms with van der Waals surface area (Å²) in [6.07, 6.45) is 3.40. The second-order valence-electron chi connectivity index (χ2n) is 5.73. The summed E-state index contributed by atoms with van der Waals surface area (Å²) in [5, 5.41) is 0. The number of fused-ring (bicyclic) bond motifs is 1. The largest absolute Gasteiger partial charge is 0.295 e. The molecule has 21 heavy (non-hydrogen) atoms. The van der Waals surface area contributed by atoms with Gasteiger partial charge in [0.2, 0.25) is 0 Å². The van der Waals surface area contributed by atoms with Gasteiger partial charge in [-0.25, -0.2) is 0 Å². The van der Waals surface area contributed by atoms with Crippen molar-refractivity contribution in [3.8, 4) is 0 Å². The minimum Gasteiger partial charge on any atom is -0.295 e. The van der Waals surface area contributed by atoms with Crippen LogP contribution in [0.2, 0.25) is 0 Å². The van der Waals surface area contributed by atoms with Crippen LogP contribution in [0.4, 0.5) is 5.69 Å². The van der Waals surface area contributed by atoms with Gasteiger partial charge in [-0.1, -0.05) is 0 Å². The van der Waals surface area contributed by atoms with Crippen molar-refractivity contribution >= 4 is 23.2 Å². The molecule has 5 heteroatoms. The first-order chi connectivity index (χ1) is 9.95. The number of pyridine rings is 2. The fraction of sp³-hybridized carbons (Fsp3) is 0.312. The maximum atomic E-state index is 12.7. The lowest BCUT2D eigenvalue weighted by atomic mass is 9.99. The molecule has 0 spiro atoms. The van der Waals surface area contributed by atoms with Crippen molar-refractivity contribution in [2.24, 2.45) is 0 Å². The predicted molar refractivity (Wildman–Crippen MR) is 82.6 cm³/mol. The number of carbonyl (C=O) groups is 1. The van der Waals surface area contributed by atoms with Crippen LogP contribution in [0.15, 0.2) is 30.6 Å². The van der Waals surface area contributed by atoms with Crippen LogP contribution in [0.1, 0.15) is 41.2 Å². The van der Waals surface area contributed by atoms with Gasteiger partial charge in [-0.3, -0.25) is 19.7 Å². The number of hydrogen-bond acceptors (Lipinski definition) is 3. The van der Waals surface area contributed by atoms with Crippen molar-refractivity contribution in [2.75, 3.05) is 4.90 Å². The number of alkyl halides is 1. The number of aromatic nitrogens is 2. The summed E-state index contributed by atoms with van der Waals surface area (Å²) in [5.41, 5.74) is 3.50. The lowest BCUT2D eigenvalue weighted by Gasteiger charge is -2.31. The molecule has 0 bridgehead atoms. The Balaban J connectivity index is 2.15. The normalized spacial score (nSPS) is 16.2.